The molecule has 1 aromatic carbocycles. The number of aryl methyl sites for hydroxylation is 1. The number of rotatable bonds is 7. The lowest BCUT2D eigenvalue weighted by atomic mass is 9.65. The fraction of sp³-hybridized carbons (Fsp3) is 0.516. The summed E-state index contributed by atoms with van der Waals surface area (Å²) in [5, 5.41) is 15.2. The highest BCUT2D eigenvalue weighted by Gasteiger charge is 2.58. The Kier molecular flexibility index (Phi) is 6.53. The van der Waals surface area contributed by atoms with Crippen LogP contribution in [0.4, 0.5) is 19.0 Å². The zero-order valence-electron chi connectivity index (χ0n) is 23.6. The molecular formula is C31H34F3N7S. The Morgan fingerprint density at radius 2 is 1.93 bits per heavy atom. The zero-order valence-corrected chi connectivity index (χ0v) is 24.4. The van der Waals surface area contributed by atoms with Gasteiger partial charge in [-0.05, 0) is 80.2 Å². The van der Waals surface area contributed by atoms with E-state index in [0.29, 0.717) is 16.0 Å². The minimum atomic E-state index is -4.25. The Hall–Kier alpha value is -3.20. The van der Waals surface area contributed by atoms with E-state index in [-0.39, 0.29) is 21.9 Å². The van der Waals surface area contributed by atoms with Gasteiger partial charge in [0.25, 0.3) is 0 Å². The summed E-state index contributed by atoms with van der Waals surface area (Å²) >= 11 is 1.07. The predicted octanol–water partition coefficient (Wildman–Crippen LogP) is 6.28. The van der Waals surface area contributed by atoms with Gasteiger partial charge in [0.05, 0.1) is 11.8 Å². The monoisotopic (exact) mass is 593 g/mol. The lowest BCUT2D eigenvalue weighted by molar-refractivity contribution is -0.126. The number of nitrogens with two attached hydrogens (primary N) is 1. The molecule has 3 aliphatic carbocycles. The van der Waals surface area contributed by atoms with Crippen molar-refractivity contribution in [2.75, 3.05) is 18.4 Å². The molecule has 3 aromatic heterocycles. The van der Waals surface area contributed by atoms with Crippen molar-refractivity contribution in [1.29, 1.82) is 5.26 Å². The van der Waals surface area contributed by atoms with Gasteiger partial charge in [0, 0.05) is 53.5 Å². The number of anilines is 1. The van der Waals surface area contributed by atoms with Gasteiger partial charge in [0.2, 0.25) is 0 Å². The van der Waals surface area contributed by atoms with Crippen LogP contribution in [0.2, 0.25) is 0 Å². The van der Waals surface area contributed by atoms with E-state index in [4.69, 9.17) is 5.73 Å². The average Bonchev–Trinajstić information content (AvgIpc) is 3.66. The number of nitrogens with one attached hydrogen (secondary N) is 1. The molecule has 0 atom stereocenters. The number of hydrogen-bond acceptors (Lipinski definition) is 7. The molecule has 1 aliphatic heterocycles. The van der Waals surface area contributed by atoms with Crippen LogP contribution in [-0.4, -0.2) is 50.3 Å². The number of benzene rings is 1. The SMILES string of the molecule is Cc1c(CN2CCC(Nc3ncnc4sc(CC(F)(F)F)cc34)CC2)ccc2c1cc(C#N)n2CC12CCC(N)(C1)C2. The molecule has 4 fully saturated rings. The number of likely N-dealkylation sites (tertiary alicyclic amines) is 1. The summed E-state index contributed by atoms with van der Waals surface area (Å²) < 4.78 is 40.9. The topological polar surface area (TPSA) is 95.8 Å². The van der Waals surface area contributed by atoms with Crippen LogP contribution in [0.5, 0.6) is 0 Å². The third-order valence-electron chi connectivity index (χ3n) is 9.76. The number of halogens is 3. The second kappa shape index (κ2) is 9.93. The van der Waals surface area contributed by atoms with E-state index in [1.807, 2.05) is 0 Å². The maximum absolute atomic E-state index is 12.9. The highest BCUT2D eigenvalue weighted by Crippen LogP contribution is 2.61. The Balaban J connectivity index is 1.01. The minimum absolute atomic E-state index is 0.0207. The fourth-order valence-electron chi connectivity index (χ4n) is 7.77. The molecule has 0 unspecified atom stereocenters. The third-order valence-corrected chi connectivity index (χ3v) is 10.8. The standard InChI is InChI=1S/C31H34F3N7S/c1-19-20(2-3-26-24(19)10-22(13-35)41(26)17-29-6-7-30(36,15-29)16-29)14-40-8-4-21(5-9-40)39-27-25-11-23(12-31(32,33)34)42-28(25)38-18-37-27/h2-3,10-11,18,21H,4-9,12,14-17,36H2,1H3,(H,37,38,39). The zero-order chi connectivity index (χ0) is 29.3. The smallest absolute Gasteiger partial charge is 0.367 e. The first kappa shape index (κ1) is 27.6. The van der Waals surface area contributed by atoms with Crippen LogP contribution >= 0.6 is 11.3 Å². The van der Waals surface area contributed by atoms with Gasteiger partial charge >= 0.3 is 6.18 Å². The molecule has 4 aromatic rings. The van der Waals surface area contributed by atoms with Crippen LogP contribution < -0.4 is 11.1 Å². The molecule has 0 spiro atoms. The summed E-state index contributed by atoms with van der Waals surface area (Å²) in [7, 11) is 0. The van der Waals surface area contributed by atoms with E-state index >= 15 is 0 Å². The van der Waals surface area contributed by atoms with E-state index in [1.54, 1.807) is 6.07 Å². The molecule has 2 bridgehead atoms. The van der Waals surface area contributed by atoms with Gasteiger partial charge in [0.1, 0.15) is 28.7 Å². The van der Waals surface area contributed by atoms with Crippen molar-refractivity contribution in [2.45, 2.75) is 82.7 Å². The Morgan fingerprint density at radius 1 is 1.14 bits per heavy atom. The summed E-state index contributed by atoms with van der Waals surface area (Å²) in [6.07, 6.45) is 2.38. The van der Waals surface area contributed by atoms with Crippen molar-refractivity contribution in [3.63, 3.8) is 0 Å². The van der Waals surface area contributed by atoms with Crippen molar-refractivity contribution in [3.05, 3.63) is 52.3 Å². The van der Waals surface area contributed by atoms with Crippen LogP contribution in [-0.2, 0) is 19.5 Å². The number of thiophene rings is 1. The maximum Gasteiger partial charge on any atom is 0.393 e. The first-order chi connectivity index (χ1) is 20.0. The number of nitriles is 1. The number of fused-ring (bicyclic) bond motifs is 3. The molecule has 220 valence electrons. The van der Waals surface area contributed by atoms with Crippen LogP contribution in [0, 0.1) is 23.7 Å². The van der Waals surface area contributed by atoms with Crippen molar-refractivity contribution in [1.82, 2.24) is 19.4 Å². The van der Waals surface area contributed by atoms with Gasteiger partial charge in [-0.15, -0.1) is 11.3 Å². The van der Waals surface area contributed by atoms with Gasteiger partial charge in [-0.1, -0.05) is 6.07 Å². The largest absolute Gasteiger partial charge is 0.393 e. The summed E-state index contributed by atoms with van der Waals surface area (Å²) in [4.78, 5) is 11.8. The predicted molar refractivity (Wildman–Crippen MR) is 158 cm³/mol. The number of aromatic nitrogens is 3. The summed E-state index contributed by atoms with van der Waals surface area (Å²) in [5.41, 5.74) is 11.1. The van der Waals surface area contributed by atoms with Crippen LogP contribution in [0.25, 0.3) is 21.1 Å². The second-order valence-electron chi connectivity index (χ2n) is 12.9. The van der Waals surface area contributed by atoms with E-state index in [1.165, 1.54) is 17.5 Å². The van der Waals surface area contributed by atoms with Crippen LogP contribution in [0.15, 0.2) is 30.6 Å². The van der Waals surface area contributed by atoms with Gasteiger partial charge in [-0.2, -0.15) is 18.4 Å². The molecule has 7 nitrogen and oxygen atoms in total. The summed E-state index contributed by atoms with van der Waals surface area (Å²) in [6, 6.07) is 10.6. The fourth-order valence-corrected chi connectivity index (χ4v) is 8.79. The molecular weight excluding hydrogens is 559 g/mol. The summed E-state index contributed by atoms with van der Waals surface area (Å²) in [5.74, 6) is 0.610. The first-order valence-electron chi connectivity index (χ1n) is 14.6. The number of alkyl halides is 3. The van der Waals surface area contributed by atoms with E-state index in [9.17, 15) is 18.4 Å². The van der Waals surface area contributed by atoms with E-state index < -0.39 is 12.6 Å². The Morgan fingerprint density at radius 3 is 2.62 bits per heavy atom. The summed E-state index contributed by atoms with van der Waals surface area (Å²) in [6.45, 7) is 5.67. The first-order valence-corrected chi connectivity index (χ1v) is 15.4. The van der Waals surface area contributed by atoms with Crippen molar-refractivity contribution < 1.29 is 13.2 Å². The number of hydrogen-bond donors (Lipinski definition) is 2. The number of nitrogens with zero attached hydrogens (tertiary/aromatic N) is 5. The van der Waals surface area contributed by atoms with E-state index in [2.05, 4.69) is 55.9 Å². The van der Waals surface area contributed by atoms with Gasteiger partial charge in [-0.3, -0.25) is 4.90 Å². The van der Waals surface area contributed by atoms with Crippen molar-refractivity contribution in [3.8, 4) is 6.07 Å². The second-order valence-corrected chi connectivity index (χ2v) is 14.0. The average molecular weight is 594 g/mol. The van der Waals surface area contributed by atoms with E-state index in [0.717, 1.165) is 92.6 Å². The lowest BCUT2D eigenvalue weighted by Crippen LogP contribution is -2.51. The molecule has 4 heterocycles. The van der Waals surface area contributed by atoms with Gasteiger partial charge in [-0.25, -0.2) is 9.97 Å². The Labute approximate surface area is 246 Å². The molecule has 3 saturated carbocycles. The molecule has 42 heavy (non-hydrogen) atoms. The lowest BCUT2D eigenvalue weighted by Gasteiger charge is -2.45. The quantitative estimate of drug-likeness (QED) is 0.262. The van der Waals surface area contributed by atoms with Gasteiger partial charge < -0.3 is 15.6 Å². The third kappa shape index (κ3) is 5.03. The molecule has 8 rings (SSSR count). The molecule has 0 radical (unpaired) electrons. The highest BCUT2D eigenvalue weighted by molar-refractivity contribution is 7.18. The Bertz CT molecular complexity index is 1700. The molecule has 1 saturated heterocycles. The number of piperidine rings is 1. The van der Waals surface area contributed by atoms with Crippen molar-refractivity contribution in [2.24, 2.45) is 11.1 Å². The molecule has 11 heteroatoms. The minimum Gasteiger partial charge on any atom is -0.367 e. The normalized spacial score (nSPS) is 24.8. The highest BCUT2D eigenvalue weighted by atomic mass is 32.1. The molecule has 0 amide bonds. The van der Waals surface area contributed by atoms with Crippen LogP contribution in [0.1, 0.15) is 60.2 Å². The van der Waals surface area contributed by atoms with Gasteiger partial charge in [0.15, 0.2) is 0 Å². The maximum atomic E-state index is 12.9. The molecule has 4 aliphatic rings. The van der Waals surface area contributed by atoms with Crippen molar-refractivity contribution >= 4 is 38.3 Å². The van der Waals surface area contributed by atoms with Crippen LogP contribution in [0.3, 0.4) is 0 Å². The molecule has 3 N–H and O–H groups in total.